The van der Waals surface area contributed by atoms with Crippen molar-refractivity contribution in [3.8, 4) is 11.5 Å². The van der Waals surface area contributed by atoms with Crippen molar-refractivity contribution in [1.82, 2.24) is 4.98 Å². The molecule has 1 atom stereocenters. The topological polar surface area (TPSA) is 37.5 Å². The highest BCUT2D eigenvalue weighted by Crippen LogP contribution is 2.37. The number of ether oxygens (including phenoxy) is 2. The summed E-state index contributed by atoms with van der Waals surface area (Å²) in [6.45, 7) is 0. The third kappa shape index (κ3) is 3.29. The molecule has 0 saturated carbocycles. The molecule has 0 radical (unpaired) electrons. The predicted molar refractivity (Wildman–Crippen MR) is 115 cm³/mol. The maximum absolute atomic E-state index is 5.46. The number of H-pyrrole nitrogens is 1. The van der Waals surface area contributed by atoms with Crippen LogP contribution in [0.1, 0.15) is 17.2 Å². The molecule has 0 fully saturated rings. The Hall–Kier alpha value is -3.40. The molecule has 1 heterocycles. The Morgan fingerprint density at radius 3 is 2.18 bits per heavy atom. The number of hydrogen-bond donors (Lipinski definition) is 1. The third-order valence-corrected chi connectivity index (χ3v) is 5.20. The van der Waals surface area contributed by atoms with Gasteiger partial charge in [0.2, 0.25) is 0 Å². The van der Waals surface area contributed by atoms with Crippen molar-refractivity contribution >= 4 is 16.6 Å². The standard InChI is InChI=1S/C24H24N2O2/c1-26(18-7-5-4-6-8-18)24(17-9-11-19(27-2)12-10-17)22-16-25-23-14-13-20(28-3)15-21(22)23/h4-16,24-25H,1-3H3. The fourth-order valence-corrected chi connectivity index (χ4v) is 3.68. The average molecular weight is 372 g/mol. The number of hydrogen-bond acceptors (Lipinski definition) is 3. The average Bonchev–Trinajstić information content (AvgIpc) is 3.17. The van der Waals surface area contributed by atoms with E-state index in [2.05, 4.69) is 71.7 Å². The summed E-state index contributed by atoms with van der Waals surface area (Å²) in [5, 5.41) is 1.16. The summed E-state index contributed by atoms with van der Waals surface area (Å²) in [6, 6.07) is 24.9. The van der Waals surface area contributed by atoms with Gasteiger partial charge in [-0.15, -0.1) is 0 Å². The first-order valence-corrected chi connectivity index (χ1v) is 9.28. The molecule has 0 aliphatic rings. The molecule has 4 heteroatoms. The van der Waals surface area contributed by atoms with E-state index in [9.17, 15) is 0 Å². The van der Waals surface area contributed by atoms with Crippen molar-refractivity contribution in [2.75, 3.05) is 26.2 Å². The summed E-state index contributed by atoms with van der Waals surface area (Å²) < 4.78 is 10.8. The highest BCUT2D eigenvalue weighted by molar-refractivity contribution is 5.86. The number of fused-ring (bicyclic) bond motifs is 1. The molecule has 28 heavy (non-hydrogen) atoms. The van der Waals surface area contributed by atoms with E-state index in [0.717, 1.165) is 28.1 Å². The van der Waals surface area contributed by atoms with Crippen LogP contribution in [0.2, 0.25) is 0 Å². The van der Waals surface area contributed by atoms with Crippen molar-refractivity contribution in [1.29, 1.82) is 0 Å². The SMILES string of the molecule is COc1ccc(C(c2c[nH]c3ccc(OC)cc23)N(C)c2ccccc2)cc1. The first kappa shape index (κ1) is 18.0. The number of para-hydroxylation sites is 1. The maximum Gasteiger partial charge on any atom is 0.119 e. The number of benzene rings is 3. The van der Waals surface area contributed by atoms with Crippen LogP contribution < -0.4 is 14.4 Å². The van der Waals surface area contributed by atoms with Gasteiger partial charge in [0.1, 0.15) is 11.5 Å². The van der Waals surface area contributed by atoms with Crippen LogP contribution in [0.25, 0.3) is 10.9 Å². The summed E-state index contributed by atoms with van der Waals surface area (Å²) in [4.78, 5) is 5.71. The monoisotopic (exact) mass is 372 g/mol. The first-order chi connectivity index (χ1) is 13.7. The van der Waals surface area contributed by atoms with Crippen molar-refractivity contribution in [3.63, 3.8) is 0 Å². The molecule has 0 spiro atoms. The Bertz CT molecular complexity index is 1060. The Labute approximate surface area is 165 Å². The van der Waals surface area contributed by atoms with Crippen molar-refractivity contribution in [2.45, 2.75) is 6.04 Å². The zero-order valence-electron chi connectivity index (χ0n) is 16.3. The van der Waals surface area contributed by atoms with E-state index in [1.807, 2.05) is 24.3 Å². The van der Waals surface area contributed by atoms with E-state index in [1.165, 1.54) is 11.1 Å². The molecule has 0 aliphatic carbocycles. The largest absolute Gasteiger partial charge is 0.497 e. The van der Waals surface area contributed by atoms with Gasteiger partial charge in [-0.1, -0.05) is 30.3 Å². The molecular weight excluding hydrogens is 348 g/mol. The molecule has 0 bridgehead atoms. The molecular formula is C24H24N2O2. The minimum atomic E-state index is 0.0363. The molecule has 4 rings (SSSR count). The van der Waals surface area contributed by atoms with Gasteiger partial charge in [-0.2, -0.15) is 0 Å². The maximum atomic E-state index is 5.46. The normalized spacial score (nSPS) is 12.0. The molecule has 3 aromatic carbocycles. The second kappa shape index (κ2) is 7.69. The minimum absolute atomic E-state index is 0.0363. The van der Waals surface area contributed by atoms with Crippen LogP contribution in [-0.2, 0) is 0 Å². The van der Waals surface area contributed by atoms with E-state index >= 15 is 0 Å². The Balaban J connectivity index is 1.87. The number of nitrogens with zero attached hydrogens (tertiary/aromatic N) is 1. The molecule has 1 N–H and O–H groups in total. The van der Waals surface area contributed by atoms with Gasteiger partial charge < -0.3 is 19.4 Å². The van der Waals surface area contributed by atoms with Gasteiger partial charge in [-0.3, -0.25) is 0 Å². The lowest BCUT2D eigenvalue weighted by Crippen LogP contribution is -2.25. The highest BCUT2D eigenvalue weighted by atomic mass is 16.5. The number of anilines is 1. The summed E-state index contributed by atoms with van der Waals surface area (Å²) in [5.74, 6) is 1.70. The first-order valence-electron chi connectivity index (χ1n) is 9.28. The van der Waals surface area contributed by atoms with Gasteiger partial charge in [0.25, 0.3) is 0 Å². The number of nitrogens with one attached hydrogen (secondary N) is 1. The van der Waals surface area contributed by atoms with Gasteiger partial charge in [0, 0.05) is 35.4 Å². The molecule has 0 amide bonds. The van der Waals surface area contributed by atoms with E-state index in [-0.39, 0.29) is 6.04 Å². The van der Waals surface area contributed by atoms with Crippen LogP contribution in [0.4, 0.5) is 5.69 Å². The van der Waals surface area contributed by atoms with E-state index in [0.29, 0.717) is 0 Å². The second-order valence-electron chi connectivity index (χ2n) is 6.78. The van der Waals surface area contributed by atoms with Crippen molar-refractivity contribution in [3.05, 3.63) is 90.1 Å². The fraction of sp³-hybridized carbons (Fsp3) is 0.167. The molecule has 0 aliphatic heterocycles. The van der Waals surface area contributed by atoms with Crippen LogP contribution in [0, 0.1) is 0 Å². The highest BCUT2D eigenvalue weighted by Gasteiger charge is 2.23. The van der Waals surface area contributed by atoms with Gasteiger partial charge in [-0.05, 0) is 48.0 Å². The summed E-state index contributed by atoms with van der Waals surface area (Å²) >= 11 is 0. The zero-order chi connectivity index (χ0) is 19.5. The minimum Gasteiger partial charge on any atom is -0.497 e. The molecule has 4 nitrogen and oxygen atoms in total. The van der Waals surface area contributed by atoms with Crippen LogP contribution >= 0.6 is 0 Å². The van der Waals surface area contributed by atoms with Crippen LogP contribution in [0.3, 0.4) is 0 Å². The molecule has 1 aromatic heterocycles. The predicted octanol–water partition coefficient (Wildman–Crippen LogP) is 5.41. The molecule has 1 unspecified atom stereocenters. The van der Waals surface area contributed by atoms with Crippen LogP contribution in [0.5, 0.6) is 11.5 Å². The lowest BCUT2D eigenvalue weighted by molar-refractivity contribution is 0.414. The lowest BCUT2D eigenvalue weighted by Gasteiger charge is -2.31. The Kier molecular flexibility index (Phi) is 4.94. The van der Waals surface area contributed by atoms with Crippen LogP contribution in [-0.4, -0.2) is 26.3 Å². The summed E-state index contributed by atoms with van der Waals surface area (Å²) in [6.07, 6.45) is 2.10. The number of aromatic amines is 1. The second-order valence-corrected chi connectivity index (χ2v) is 6.78. The molecule has 4 aromatic rings. The number of aromatic nitrogens is 1. The van der Waals surface area contributed by atoms with Gasteiger partial charge in [0.15, 0.2) is 0 Å². The van der Waals surface area contributed by atoms with E-state index in [1.54, 1.807) is 14.2 Å². The molecule has 142 valence electrons. The van der Waals surface area contributed by atoms with E-state index in [4.69, 9.17) is 9.47 Å². The zero-order valence-corrected chi connectivity index (χ0v) is 16.3. The van der Waals surface area contributed by atoms with Crippen LogP contribution in [0.15, 0.2) is 79.0 Å². The number of methoxy groups -OCH3 is 2. The lowest BCUT2D eigenvalue weighted by atomic mass is 9.96. The Morgan fingerprint density at radius 2 is 1.50 bits per heavy atom. The van der Waals surface area contributed by atoms with Gasteiger partial charge >= 0.3 is 0 Å². The van der Waals surface area contributed by atoms with Gasteiger partial charge in [0.05, 0.1) is 20.3 Å². The summed E-state index contributed by atoms with van der Waals surface area (Å²) in [5.41, 5.74) is 4.64. The fourth-order valence-electron chi connectivity index (χ4n) is 3.68. The smallest absolute Gasteiger partial charge is 0.119 e. The Morgan fingerprint density at radius 1 is 0.821 bits per heavy atom. The molecule has 0 saturated heterocycles. The third-order valence-electron chi connectivity index (χ3n) is 5.20. The number of rotatable bonds is 6. The quantitative estimate of drug-likeness (QED) is 0.492. The van der Waals surface area contributed by atoms with E-state index < -0.39 is 0 Å². The van der Waals surface area contributed by atoms with Gasteiger partial charge in [-0.25, -0.2) is 0 Å². The van der Waals surface area contributed by atoms with Crippen molar-refractivity contribution < 1.29 is 9.47 Å². The summed E-state index contributed by atoms with van der Waals surface area (Å²) in [7, 11) is 5.52. The van der Waals surface area contributed by atoms with Crippen molar-refractivity contribution in [2.24, 2.45) is 0 Å².